The van der Waals surface area contributed by atoms with Crippen LogP contribution in [0.4, 0.5) is 8.78 Å². The molecule has 1 aromatic heterocycles. The van der Waals surface area contributed by atoms with Crippen molar-refractivity contribution in [3.05, 3.63) is 28.0 Å². The number of aryl methyl sites for hydroxylation is 1. The van der Waals surface area contributed by atoms with Gasteiger partial charge >= 0.3 is 0 Å². The quantitative estimate of drug-likeness (QED) is 0.742. The topological polar surface area (TPSA) is 30.0 Å². The number of nitrogens with zero attached hydrogens (tertiary/aromatic N) is 1. The maximum absolute atomic E-state index is 12.3. The number of rotatable bonds is 2. The van der Waals surface area contributed by atoms with Crippen LogP contribution in [0.5, 0.6) is 0 Å². The van der Waals surface area contributed by atoms with Crippen LogP contribution in [0.2, 0.25) is 5.02 Å². The number of halogens is 4. The van der Waals surface area contributed by atoms with Crippen LogP contribution in [-0.4, -0.2) is 10.2 Å². The number of hydrogen-bond acceptors (Lipinski definition) is 2. The number of aromatic nitrogens is 1. The van der Waals surface area contributed by atoms with Crippen LogP contribution in [0, 0.1) is 6.92 Å². The summed E-state index contributed by atoms with van der Waals surface area (Å²) in [4.78, 5) is 14.5. The van der Waals surface area contributed by atoms with E-state index in [-0.39, 0.29) is 16.3 Å². The molecule has 1 heterocycles. The van der Waals surface area contributed by atoms with E-state index in [9.17, 15) is 13.6 Å². The third-order valence-electron chi connectivity index (χ3n) is 1.66. The van der Waals surface area contributed by atoms with Crippen molar-refractivity contribution in [2.24, 2.45) is 0 Å². The van der Waals surface area contributed by atoms with E-state index in [1.165, 1.54) is 6.92 Å². The minimum Gasteiger partial charge on any atom is -0.275 e. The minimum atomic E-state index is -2.77. The molecule has 2 nitrogen and oxygen atoms in total. The lowest BCUT2D eigenvalue weighted by Crippen LogP contribution is -2.01. The average molecular weight is 240 g/mol. The van der Waals surface area contributed by atoms with E-state index in [1.807, 2.05) is 0 Å². The average Bonchev–Trinajstić information content (AvgIpc) is 2.02. The van der Waals surface area contributed by atoms with Gasteiger partial charge in [0.1, 0.15) is 0 Å². The van der Waals surface area contributed by atoms with Crippen LogP contribution in [0.1, 0.15) is 28.0 Å². The first-order valence-corrected chi connectivity index (χ1v) is 4.33. The Morgan fingerprint density at radius 1 is 1.57 bits per heavy atom. The highest BCUT2D eigenvalue weighted by molar-refractivity contribution is 6.69. The van der Waals surface area contributed by atoms with Crippen LogP contribution in [0.25, 0.3) is 0 Å². The van der Waals surface area contributed by atoms with E-state index in [0.717, 1.165) is 6.20 Å². The number of carbonyl (C=O) groups is 1. The van der Waals surface area contributed by atoms with Crippen molar-refractivity contribution in [1.82, 2.24) is 4.98 Å². The first-order valence-electron chi connectivity index (χ1n) is 3.58. The molecule has 0 saturated carbocycles. The molecule has 0 N–H and O–H groups in total. The van der Waals surface area contributed by atoms with Crippen LogP contribution >= 0.6 is 23.2 Å². The molecule has 0 atom stereocenters. The van der Waals surface area contributed by atoms with Crippen molar-refractivity contribution in [1.29, 1.82) is 0 Å². The Morgan fingerprint density at radius 2 is 2.14 bits per heavy atom. The second-order valence-electron chi connectivity index (χ2n) is 2.56. The molecule has 76 valence electrons. The largest absolute Gasteiger partial charge is 0.275 e. The summed E-state index contributed by atoms with van der Waals surface area (Å²) in [6.07, 6.45) is -1.84. The van der Waals surface area contributed by atoms with Crippen molar-refractivity contribution in [2.45, 2.75) is 13.3 Å². The predicted octanol–water partition coefficient (Wildman–Crippen LogP) is 3.36. The number of alkyl halides is 2. The molecule has 0 aliphatic carbocycles. The fourth-order valence-electron chi connectivity index (χ4n) is 0.971. The highest BCUT2D eigenvalue weighted by Crippen LogP contribution is 2.31. The molecule has 14 heavy (non-hydrogen) atoms. The first kappa shape index (κ1) is 11.3. The van der Waals surface area contributed by atoms with Crippen molar-refractivity contribution < 1.29 is 13.6 Å². The molecule has 0 aliphatic rings. The fourth-order valence-corrected chi connectivity index (χ4v) is 1.60. The summed E-state index contributed by atoms with van der Waals surface area (Å²) >= 11 is 10.8. The zero-order chi connectivity index (χ0) is 10.9. The molecule has 0 fully saturated rings. The van der Waals surface area contributed by atoms with Gasteiger partial charge in [-0.15, -0.1) is 0 Å². The third-order valence-corrected chi connectivity index (χ3v) is 2.26. The summed E-state index contributed by atoms with van der Waals surface area (Å²) in [5, 5.41) is -1.21. The Balaban J connectivity index is 3.41. The third kappa shape index (κ3) is 2.01. The summed E-state index contributed by atoms with van der Waals surface area (Å²) in [6, 6.07) is 0. The second-order valence-corrected chi connectivity index (χ2v) is 3.28. The molecule has 0 saturated heterocycles. The number of carbonyl (C=O) groups excluding carboxylic acids is 1. The fraction of sp³-hybridized carbons (Fsp3) is 0.250. The van der Waals surface area contributed by atoms with Gasteiger partial charge in [-0.25, -0.2) is 8.78 Å². The highest BCUT2D eigenvalue weighted by Gasteiger charge is 2.20. The van der Waals surface area contributed by atoms with Crippen LogP contribution in [-0.2, 0) is 0 Å². The Hall–Kier alpha value is -0.740. The molecule has 0 radical (unpaired) electrons. The molecule has 0 spiro atoms. The van der Waals surface area contributed by atoms with E-state index in [2.05, 4.69) is 4.98 Å². The summed E-state index contributed by atoms with van der Waals surface area (Å²) in [5.74, 6) is 0. The number of pyridine rings is 1. The summed E-state index contributed by atoms with van der Waals surface area (Å²) in [7, 11) is 0. The standard InChI is InChI=1S/C8H5Cl2F2NO/c1-3-5(7(10)14)6(9)4(2-13-3)8(11)12/h2,8H,1H3. The van der Waals surface area contributed by atoms with Gasteiger partial charge in [-0.3, -0.25) is 9.78 Å². The number of hydrogen-bond donors (Lipinski definition) is 0. The maximum Gasteiger partial charge on any atom is 0.266 e. The van der Waals surface area contributed by atoms with Crippen molar-refractivity contribution in [2.75, 3.05) is 0 Å². The Morgan fingerprint density at radius 3 is 2.57 bits per heavy atom. The summed E-state index contributed by atoms with van der Waals surface area (Å²) in [5.41, 5.74) is -0.410. The lowest BCUT2D eigenvalue weighted by Gasteiger charge is -2.07. The van der Waals surface area contributed by atoms with Crippen molar-refractivity contribution in [3.63, 3.8) is 0 Å². The van der Waals surface area contributed by atoms with Gasteiger partial charge in [-0.05, 0) is 18.5 Å². The molecular weight excluding hydrogens is 235 g/mol. The van der Waals surface area contributed by atoms with Gasteiger partial charge in [0.15, 0.2) is 0 Å². The molecular formula is C8H5Cl2F2NO. The Bertz CT molecular complexity index is 382. The van der Waals surface area contributed by atoms with E-state index in [1.54, 1.807) is 0 Å². The lowest BCUT2D eigenvalue weighted by atomic mass is 10.1. The summed E-state index contributed by atoms with van der Waals surface area (Å²) < 4.78 is 24.6. The Kier molecular flexibility index (Phi) is 3.39. The molecule has 0 amide bonds. The molecule has 1 rings (SSSR count). The van der Waals surface area contributed by atoms with E-state index >= 15 is 0 Å². The van der Waals surface area contributed by atoms with Gasteiger partial charge < -0.3 is 0 Å². The van der Waals surface area contributed by atoms with Crippen LogP contribution in [0.15, 0.2) is 6.20 Å². The molecule has 6 heteroatoms. The monoisotopic (exact) mass is 239 g/mol. The second kappa shape index (κ2) is 4.19. The Labute approximate surface area is 88.8 Å². The predicted molar refractivity (Wildman–Crippen MR) is 49.1 cm³/mol. The van der Waals surface area contributed by atoms with E-state index in [4.69, 9.17) is 23.2 Å². The van der Waals surface area contributed by atoms with Gasteiger partial charge in [0, 0.05) is 6.20 Å². The smallest absolute Gasteiger partial charge is 0.266 e. The first-order chi connectivity index (χ1) is 6.45. The molecule has 0 bridgehead atoms. The van der Waals surface area contributed by atoms with Gasteiger partial charge in [0.2, 0.25) is 0 Å². The minimum absolute atomic E-state index is 0.161. The van der Waals surface area contributed by atoms with Gasteiger partial charge in [0.25, 0.3) is 11.7 Å². The van der Waals surface area contributed by atoms with E-state index < -0.39 is 17.2 Å². The molecule has 0 aliphatic heterocycles. The van der Waals surface area contributed by atoms with Crippen LogP contribution in [0.3, 0.4) is 0 Å². The molecule has 0 unspecified atom stereocenters. The SMILES string of the molecule is Cc1ncc(C(F)F)c(Cl)c1C(=O)Cl. The highest BCUT2D eigenvalue weighted by atomic mass is 35.5. The van der Waals surface area contributed by atoms with Crippen molar-refractivity contribution >= 4 is 28.4 Å². The van der Waals surface area contributed by atoms with Gasteiger partial charge in [-0.1, -0.05) is 11.6 Å². The van der Waals surface area contributed by atoms with Crippen molar-refractivity contribution in [3.8, 4) is 0 Å². The van der Waals surface area contributed by atoms with Crippen LogP contribution < -0.4 is 0 Å². The van der Waals surface area contributed by atoms with E-state index in [0.29, 0.717) is 0 Å². The lowest BCUT2D eigenvalue weighted by molar-refractivity contribution is 0.108. The molecule has 1 aromatic rings. The van der Waals surface area contributed by atoms with Gasteiger partial charge in [-0.2, -0.15) is 0 Å². The van der Waals surface area contributed by atoms with Gasteiger partial charge in [0.05, 0.1) is 21.8 Å². The summed E-state index contributed by atoms with van der Waals surface area (Å²) in [6.45, 7) is 1.47. The maximum atomic E-state index is 12.3. The zero-order valence-corrected chi connectivity index (χ0v) is 8.53. The molecule has 0 aromatic carbocycles. The zero-order valence-electron chi connectivity index (χ0n) is 7.02. The normalized spacial score (nSPS) is 10.7.